The van der Waals surface area contributed by atoms with Crippen LogP contribution in [0.1, 0.15) is 29.7 Å². The lowest BCUT2D eigenvalue weighted by atomic mass is 10.1. The van der Waals surface area contributed by atoms with Crippen LogP contribution in [0.15, 0.2) is 11.2 Å². The van der Waals surface area contributed by atoms with Crippen LogP contribution in [0.2, 0.25) is 0 Å². The van der Waals surface area contributed by atoms with Gasteiger partial charge in [-0.2, -0.15) is 0 Å². The van der Waals surface area contributed by atoms with Gasteiger partial charge in [0.05, 0.1) is 13.2 Å². The number of carbonyl (C=O) groups excluding carboxylic acids is 2. The van der Waals surface area contributed by atoms with Gasteiger partial charge in [0.25, 0.3) is 0 Å². The molecule has 1 aromatic rings. The molecule has 1 aliphatic rings. The molecule has 9 nitrogen and oxygen atoms in total. The maximum atomic E-state index is 11.9. The van der Waals surface area contributed by atoms with E-state index >= 15 is 0 Å². The Morgan fingerprint density at radius 2 is 2.11 bits per heavy atom. The highest BCUT2D eigenvalue weighted by molar-refractivity contribution is 7.11. The number of likely N-dealkylation sites (N-methyl/N-ethyl adjacent to an activating group) is 1. The van der Waals surface area contributed by atoms with Crippen molar-refractivity contribution in [2.24, 2.45) is 4.99 Å². The molecule has 0 unspecified atom stereocenters. The molecule has 0 saturated carbocycles. The molecule has 0 radical (unpaired) electrons. The molecular weight excluding hydrogens is 380 g/mol. The highest BCUT2D eigenvalue weighted by Gasteiger charge is 2.24. The molecular formula is C18H30N6O3S. The predicted molar refractivity (Wildman–Crippen MR) is 109 cm³/mol. The Hall–Kier alpha value is -2.36. The van der Waals surface area contributed by atoms with Crippen molar-refractivity contribution in [3.05, 3.63) is 16.1 Å². The molecule has 1 aromatic heterocycles. The van der Waals surface area contributed by atoms with Gasteiger partial charge in [0, 0.05) is 44.3 Å². The molecule has 2 rings (SSSR count). The molecule has 28 heavy (non-hydrogen) atoms. The van der Waals surface area contributed by atoms with Gasteiger partial charge < -0.3 is 25.2 Å². The fraction of sp³-hybridized carbons (Fsp3) is 0.667. The van der Waals surface area contributed by atoms with Crippen LogP contribution in [0.25, 0.3) is 0 Å². The van der Waals surface area contributed by atoms with Crippen LogP contribution in [0.4, 0.5) is 4.79 Å². The third kappa shape index (κ3) is 6.99. The summed E-state index contributed by atoms with van der Waals surface area (Å²) >= 11 is 1.62. The van der Waals surface area contributed by atoms with E-state index < -0.39 is 0 Å². The number of hydrogen-bond donors (Lipinski definition) is 2. The van der Waals surface area contributed by atoms with E-state index in [4.69, 9.17) is 4.74 Å². The number of rotatable bonds is 6. The lowest BCUT2D eigenvalue weighted by Crippen LogP contribution is -2.50. The fourth-order valence-electron chi connectivity index (χ4n) is 2.70. The van der Waals surface area contributed by atoms with Gasteiger partial charge in [-0.05, 0) is 26.7 Å². The number of nitrogens with zero attached hydrogens (tertiary/aromatic N) is 4. The molecule has 10 heteroatoms. The Morgan fingerprint density at radius 1 is 1.39 bits per heavy atom. The van der Waals surface area contributed by atoms with Crippen molar-refractivity contribution in [2.75, 3.05) is 40.3 Å². The van der Waals surface area contributed by atoms with Crippen LogP contribution in [-0.2, 0) is 16.1 Å². The summed E-state index contributed by atoms with van der Waals surface area (Å²) in [6.45, 7) is 6.08. The number of aryl methyl sites for hydroxylation is 1. The number of nitrogens with one attached hydrogen (secondary N) is 2. The quantitative estimate of drug-likeness (QED) is 0.540. The van der Waals surface area contributed by atoms with Gasteiger partial charge in [0.1, 0.15) is 11.6 Å². The molecule has 2 heterocycles. The number of thiazole rings is 1. The van der Waals surface area contributed by atoms with Gasteiger partial charge in [0.15, 0.2) is 5.96 Å². The molecule has 2 N–H and O–H groups in total. The average Bonchev–Trinajstić information content (AvgIpc) is 3.09. The van der Waals surface area contributed by atoms with Gasteiger partial charge >= 0.3 is 6.09 Å². The maximum absolute atomic E-state index is 11.9. The summed E-state index contributed by atoms with van der Waals surface area (Å²) in [6, 6.07) is 0.171. The normalized spacial score (nSPS) is 15.3. The molecule has 2 amide bonds. The van der Waals surface area contributed by atoms with E-state index in [1.54, 1.807) is 37.3 Å². The molecule has 0 spiro atoms. The van der Waals surface area contributed by atoms with Crippen LogP contribution < -0.4 is 10.6 Å². The summed E-state index contributed by atoms with van der Waals surface area (Å²) in [5.41, 5.74) is 0. The van der Waals surface area contributed by atoms with E-state index in [1.807, 2.05) is 13.1 Å². The summed E-state index contributed by atoms with van der Waals surface area (Å²) < 4.78 is 5.06. The number of ether oxygens (including phenoxy) is 1. The first-order valence-corrected chi connectivity index (χ1v) is 10.3. The minimum absolute atomic E-state index is 0.0664. The van der Waals surface area contributed by atoms with Crippen LogP contribution >= 0.6 is 11.3 Å². The molecule has 0 aromatic carbocycles. The number of aromatic nitrogens is 1. The zero-order valence-electron chi connectivity index (χ0n) is 17.0. The number of hydrogen-bond acceptors (Lipinski definition) is 6. The average molecular weight is 411 g/mol. The van der Waals surface area contributed by atoms with Crippen LogP contribution in [0.3, 0.4) is 0 Å². The summed E-state index contributed by atoms with van der Waals surface area (Å²) in [5, 5.41) is 7.60. The highest BCUT2D eigenvalue weighted by atomic mass is 32.1. The monoisotopic (exact) mass is 410 g/mol. The van der Waals surface area contributed by atoms with Crippen molar-refractivity contribution < 1.29 is 14.3 Å². The van der Waals surface area contributed by atoms with E-state index in [0.29, 0.717) is 32.2 Å². The van der Waals surface area contributed by atoms with Crippen molar-refractivity contribution in [1.29, 1.82) is 0 Å². The number of aliphatic imine (C=N–C) groups is 1. The van der Waals surface area contributed by atoms with Gasteiger partial charge in [0.2, 0.25) is 5.91 Å². The first-order chi connectivity index (χ1) is 13.4. The first-order valence-electron chi connectivity index (χ1n) is 9.47. The minimum Gasteiger partial charge on any atom is -0.450 e. The number of guanidine groups is 1. The third-order valence-electron chi connectivity index (χ3n) is 4.31. The topological polar surface area (TPSA) is 99.2 Å². The predicted octanol–water partition coefficient (Wildman–Crippen LogP) is 1.20. The van der Waals surface area contributed by atoms with Crippen molar-refractivity contribution in [2.45, 2.75) is 39.3 Å². The van der Waals surface area contributed by atoms with Gasteiger partial charge in [-0.1, -0.05) is 0 Å². The molecule has 0 bridgehead atoms. The van der Waals surface area contributed by atoms with E-state index in [0.717, 1.165) is 22.7 Å². The standard InChI is InChI=1S/C18H30N6O3S/c1-5-27-18(26)24-8-6-14(7-9-24)22-17(21-12-16(25)23(3)4)20-11-15-19-10-13(2)28-15/h10,14H,5-9,11-12H2,1-4H3,(H2,20,21,22). The molecule has 1 fully saturated rings. The first kappa shape index (κ1) is 21.9. The number of carbonyl (C=O) groups is 2. The Kier molecular flexibility index (Phi) is 8.49. The van der Waals surface area contributed by atoms with Crippen LogP contribution in [0, 0.1) is 6.92 Å². The highest BCUT2D eigenvalue weighted by Crippen LogP contribution is 2.12. The Bertz CT molecular complexity index is 683. The second-order valence-corrected chi connectivity index (χ2v) is 8.10. The molecule has 0 atom stereocenters. The maximum Gasteiger partial charge on any atom is 0.409 e. The smallest absolute Gasteiger partial charge is 0.409 e. The second-order valence-electron chi connectivity index (χ2n) is 6.78. The zero-order chi connectivity index (χ0) is 20.5. The van der Waals surface area contributed by atoms with Gasteiger partial charge in [-0.15, -0.1) is 11.3 Å². The summed E-state index contributed by atoms with van der Waals surface area (Å²) in [7, 11) is 3.42. The summed E-state index contributed by atoms with van der Waals surface area (Å²) in [5.74, 6) is 0.515. The van der Waals surface area contributed by atoms with Crippen molar-refractivity contribution in [3.8, 4) is 0 Å². The Morgan fingerprint density at radius 3 is 2.68 bits per heavy atom. The van der Waals surface area contributed by atoms with E-state index in [2.05, 4.69) is 20.6 Å². The molecule has 0 aliphatic carbocycles. The lowest BCUT2D eigenvalue weighted by Gasteiger charge is -2.32. The third-order valence-corrected chi connectivity index (χ3v) is 5.22. The van der Waals surface area contributed by atoms with Crippen LogP contribution in [0.5, 0.6) is 0 Å². The molecule has 1 aliphatic heterocycles. The van der Waals surface area contributed by atoms with Gasteiger partial charge in [-0.3, -0.25) is 4.79 Å². The van der Waals surface area contributed by atoms with E-state index in [1.165, 1.54) is 4.90 Å². The van der Waals surface area contributed by atoms with Crippen molar-refractivity contribution >= 4 is 29.3 Å². The largest absolute Gasteiger partial charge is 0.450 e. The van der Waals surface area contributed by atoms with Gasteiger partial charge in [-0.25, -0.2) is 14.8 Å². The second kappa shape index (κ2) is 10.8. The lowest BCUT2D eigenvalue weighted by molar-refractivity contribution is -0.127. The van der Waals surface area contributed by atoms with E-state index in [9.17, 15) is 9.59 Å². The number of piperidine rings is 1. The number of amides is 2. The Labute approximate surface area is 170 Å². The minimum atomic E-state index is -0.260. The van der Waals surface area contributed by atoms with Crippen molar-refractivity contribution in [3.63, 3.8) is 0 Å². The van der Waals surface area contributed by atoms with Crippen molar-refractivity contribution in [1.82, 2.24) is 25.4 Å². The Balaban J connectivity index is 1.92. The fourth-order valence-corrected chi connectivity index (χ4v) is 3.42. The zero-order valence-corrected chi connectivity index (χ0v) is 17.8. The number of likely N-dealkylation sites (tertiary alicyclic amines) is 1. The molecule has 156 valence electrons. The molecule has 1 saturated heterocycles. The van der Waals surface area contributed by atoms with Crippen LogP contribution in [-0.4, -0.2) is 79.1 Å². The summed E-state index contributed by atoms with van der Waals surface area (Å²) in [6.07, 6.45) is 3.16. The SMILES string of the molecule is CCOC(=O)N1CCC(NC(=NCC(=O)N(C)C)NCc2ncc(C)s2)CC1. The van der Waals surface area contributed by atoms with E-state index in [-0.39, 0.29) is 24.6 Å². The summed E-state index contributed by atoms with van der Waals surface area (Å²) in [4.78, 5) is 36.9.